The summed E-state index contributed by atoms with van der Waals surface area (Å²) in [5, 5.41) is 11.9. The molecule has 104 valence electrons. The molecule has 5 heteroatoms. The Labute approximate surface area is 116 Å². The number of carbonyl (C=O) groups is 1. The first kappa shape index (κ1) is 13.9. The smallest absolute Gasteiger partial charge is 0.335 e. The minimum Gasteiger partial charge on any atom is -0.478 e. The summed E-state index contributed by atoms with van der Waals surface area (Å²) in [7, 11) is 0. The van der Waals surface area contributed by atoms with E-state index in [1.807, 2.05) is 6.92 Å². The second kappa shape index (κ2) is 5.61. The van der Waals surface area contributed by atoms with Crippen LogP contribution < -0.4 is 11.1 Å². The van der Waals surface area contributed by atoms with Gasteiger partial charge in [-0.3, -0.25) is 0 Å². The molecule has 0 bridgehead atoms. The molecule has 0 aliphatic carbocycles. The van der Waals surface area contributed by atoms with Crippen molar-refractivity contribution in [3.05, 3.63) is 59.4 Å². The Morgan fingerprint density at radius 2 is 2.00 bits per heavy atom. The molecule has 0 aliphatic rings. The average Bonchev–Trinajstić information content (AvgIpc) is 2.41. The molecule has 0 saturated carbocycles. The van der Waals surface area contributed by atoms with E-state index in [9.17, 15) is 9.18 Å². The average molecular weight is 274 g/mol. The highest BCUT2D eigenvalue weighted by atomic mass is 19.1. The van der Waals surface area contributed by atoms with Gasteiger partial charge >= 0.3 is 5.97 Å². The highest BCUT2D eigenvalue weighted by Gasteiger charge is 2.12. The van der Waals surface area contributed by atoms with Crippen molar-refractivity contribution in [3.63, 3.8) is 0 Å². The molecule has 2 aromatic carbocycles. The van der Waals surface area contributed by atoms with Gasteiger partial charge in [0.15, 0.2) is 0 Å². The number of carboxylic acids is 1. The molecular formula is C15H15FN2O2. The topological polar surface area (TPSA) is 75.3 Å². The zero-order valence-corrected chi connectivity index (χ0v) is 10.9. The number of nitrogens with two attached hydrogens (primary N) is 1. The molecule has 0 spiro atoms. The van der Waals surface area contributed by atoms with E-state index in [1.165, 1.54) is 18.2 Å². The number of halogens is 1. The first-order chi connectivity index (χ1) is 9.49. The van der Waals surface area contributed by atoms with Crippen LogP contribution in [0.5, 0.6) is 0 Å². The third-order valence-electron chi connectivity index (χ3n) is 3.04. The normalized spacial score (nSPS) is 11.9. The van der Waals surface area contributed by atoms with Crippen molar-refractivity contribution in [1.29, 1.82) is 0 Å². The fraction of sp³-hybridized carbons (Fsp3) is 0.133. The molecular weight excluding hydrogens is 259 g/mol. The van der Waals surface area contributed by atoms with Crippen molar-refractivity contribution in [2.45, 2.75) is 13.0 Å². The minimum atomic E-state index is -1.04. The van der Waals surface area contributed by atoms with Gasteiger partial charge in [0.05, 0.1) is 23.0 Å². The third-order valence-corrected chi connectivity index (χ3v) is 3.04. The van der Waals surface area contributed by atoms with Crippen molar-refractivity contribution in [2.75, 3.05) is 11.1 Å². The maximum absolute atomic E-state index is 13.7. The van der Waals surface area contributed by atoms with Crippen LogP contribution in [-0.4, -0.2) is 11.1 Å². The van der Waals surface area contributed by atoms with Gasteiger partial charge in [0.1, 0.15) is 5.82 Å². The molecule has 0 radical (unpaired) electrons. The number of hydrogen-bond acceptors (Lipinski definition) is 3. The second-order valence-corrected chi connectivity index (χ2v) is 4.49. The summed E-state index contributed by atoms with van der Waals surface area (Å²) in [6.45, 7) is 1.81. The molecule has 4 N–H and O–H groups in total. The van der Waals surface area contributed by atoms with Crippen LogP contribution in [0.4, 0.5) is 15.8 Å². The lowest BCUT2D eigenvalue weighted by atomic mass is 10.1. The van der Waals surface area contributed by atoms with Gasteiger partial charge in [0.2, 0.25) is 0 Å². The molecule has 0 amide bonds. The largest absolute Gasteiger partial charge is 0.478 e. The Hall–Kier alpha value is -2.56. The molecule has 0 aliphatic heterocycles. The summed E-state index contributed by atoms with van der Waals surface area (Å²) >= 11 is 0. The van der Waals surface area contributed by atoms with Crippen molar-refractivity contribution in [1.82, 2.24) is 0 Å². The number of hydrogen-bond donors (Lipinski definition) is 3. The monoisotopic (exact) mass is 274 g/mol. The van der Waals surface area contributed by atoms with E-state index in [1.54, 1.807) is 24.3 Å². The summed E-state index contributed by atoms with van der Waals surface area (Å²) in [6, 6.07) is 10.6. The van der Waals surface area contributed by atoms with Gasteiger partial charge in [-0.2, -0.15) is 0 Å². The number of nitrogen functional groups attached to an aromatic ring is 1. The van der Waals surface area contributed by atoms with E-state index in [0.29, 0.717) is 16.9 Å². The Bertz CT molecular complexity index is 644. The lowest BCUT2D eigenvalue weighted by molar-refractivity contribution is 0.0697. The van der Waals surface area contributed by atoms with Crippen molar-refractivity contribution in [3.8, 4) is 0 Å². The van der Waals surface area contributed by atoms with Crippen molar-refractivity contribution in [2.24, 2.45) is 0 Å². The summed E-state index contributed by atoms with van der Waals surface area (Å²) < 4.78 is 13.7. The van der Waals surface area contributed by atoms with E-state index < -0.39 is 5.97 Å². The van der Waals surface area contributed by atoms with Crippen LogP contribution in [0.1, 0.15) is 28.9 Å². The number of aromatic carboxylic acids is 1. The molecule has 1 unspecified atom stereocenters. The first-order valence-electron chi connectivity index (χ1n) is 6.13. The quantitative estimate of drug-likeness (QED) is 0.748. The third kappa shape index (κ3) is 2.88. The fourth-order valence-electron chi connectivity index (χ4n) is 1.96. The molecule has 2 aromatic rings. The summed E-state index contributed by atoms with van der Waals surface area (Å²) in [4.78, 5) is 10.8. The van der Waals surface area contributed by atoms with Crippen LogP contribution in [0.2, 0.25) is 0 Å². The molecule has 0 fully saturated rings. The van der Waals surface area contributed by atoms with Gasteiger partial charge in [-0.1, -0.05) is 18.2 Å². The van der Waals surface area contributed by atoms with E-state index in [0.717, 1.165) is 0 Å². The van der Waals surface area contributed by atoms with E-state index >= 15 is 0 Å². The van der Waals surface area contributed by atoms with Crippen LogP contribution >= 0.6 is 0 Å². The highest BCUT2D eigenvalue weighted by Crippen LogP contribution is 2.26. The Morgan fingerprint density at radius 3 is 2.60 bits per heavy atom. The maximum atomic E-state index is 13.7. The fourth-order valence-corrected chi connectivity index (χ4v) is 1.96. The number of rotatable bonds is 4. The number of nitrogens with one attached hydrogen (secondary N) is 1. The standard InChI is InChI=1S/C15H15FN2O2/c1-9(11-4-2-3-5-12(11)16)18-14-7-6-10(15(19)20)8-13(14)17/h2-9,18H,17H2,1H3,(H,19,20). The van der Waals surface area contributed by atoms with Gasteiger partial charge in [-0.05, 0) is 31.2 Å². The van der Waals surface area contributed by atoms with Gasteiger partial charge in [0.25, 0.3) is 0 Å². The molecule has 4 nitrogen and oxygen atoms in total. The Kier molecular flexibility index (Phi) is 3.89. The summed E-state index contributed by atoms with van der Waals surface area (Å²) in [6.07, 6.45) is 0. The van der Waals surface area contributed by atoms with Gasteiger partial charge in [-0.25, -0.2) is 9.18 Å². The highest BCUT2D eigenvalue weighted by molar-refractivity contribution is 5.90. The Morgan fingerprint density at radius 1 is 1.30 bits per heavy atom. The SMILES string of the molecule is CC(Nc1ccc(C(=O)O)cc1N)c1ccccc1F. The molecule has 1 atom stereocenters. The molecule has 20 heavy (non-hydrogen) atoms. The van der Waals surface area contributed by atoms with Gasteiger partial charge < -0.3 is 16.2 Å². The molecule has 0 heterocycles. The van der Waals surface area contributed by atoms with Crippen LogP contribution in [0.25, 0.3) is 0 Å². The predicted molar refractivity (Wildman–Crippen MR) is 76.3 cm³/mol. The number of benzene rings is 2. The molecule has 0 aromatic heterocycles. The summed E-state index contributed by atoms with van der Waals surface area (Å²) in [5.74, 6) is -1.33. The zero-order valence-electron chi connectivity index (χ0n) is 10.9. The van der Waals surface area contributed by atoms with Crippen LogP contribution in [0.15, 0.2) is 42.5 Å². The number of carboxylic acid groups (broad SMARTS) is 1. The predicted octanol–water partition coefficient (Wildman–Crippen LogP) is 3.28. The van der Waals surface area contributed by atoms with Gasteiger partial charge in [0, 0.05) is 5.56 Å². The second-order valence-electron chi connectivity index (χ2n) is 4.49. The Balaban J connectivity index is 2.22. The van der Waals surface area contributed by atoms with E-state index in [-0.39, 0.29) is 17.4 Å². The lowest BCUT2D eigenvalue weighted by Crippen LogP contribution is -2.10. The molecule has 0 saturated heterocycles. The van der Waals surface area contributed by atoms with E-state index in [4.69, 9.17) is 10.8 Å². The summed E-state index contributed by atoms with van der Waals surface area (Å²) in [5.41, 5.74) is 7.33. The van der Waals surface area contributed by atoms with Crippen LogP contribution in [0.3, 0.4) is 0 Å². The lowest BCUT2D eigenvalue weighted by Gasteiger charge is -2.18. The van der Waals surface area contributed by atoms with Crippen LogP contribution in [-0.2, 0) is 0 Å². The zero-order chi connectivity index (χ0) is 14.7. The van der Waals surface area contributed by atoms with Gasteiger partial charge in [-0.15, -0.1) is 0 Å². The maximum Gasteiger partial charge on any atom is 0.335 e. The van der Waals surface area contributed by atoms with E-state index in [2.05, 4.69) is 5.32 Å². The van der Waals surface area contributed by atoms with Crippen molar-refractivity contribution < 1.29 is 14.3 Å². The minimum absolute atomic E-state index is 0.117. The number of anilines is 2. The molecule has 2 rings (SSSR count). The first-order valence-corrected chi connectivity index (χ1v) is 6.13. The van der Waals surface area contributed by atoms with Crippen LogP contribution in [0, 0.1) is 5.82 Å². The van der Waals surface area contributed by atoms with Crippen molar-refractivity contribution >= 4 is 17.3 Å².